The van der Waals surface area contributed by atoms with Crippen LogP contribution in [0.1, 0.15) is 12.5 Å². The number of nitrogens with zero attached hydrogens (tertiary/aromatic N) is 2. The van der Waals surface area contributed by atoms with E-state index in [-0.39, 0.29) is 11.8 Å². The van der Waals surface area contributed by atoms with Crippen LogP contribution in [0.5, 0.6) is 5.75 Å². The van der Waals surface area contributed by atoms with Crippen LogP contribution in [0.3, 0.4) is 0 Å². The molecule has 1 aliphatic rings. The Morgan fingerprint density at radius 1 is 1.07 bits per heavy atom. The third-order valence-electron chi connectivity index (χ3n) is 4.83. The smallest absolute Gasteiger partial charge is 0.248 e. The minimum Gasteiger partial charge on any atom is -0.497 e. The van der Waals surface area contributed by atoms with Gasteiger partial charge in [-0.15, -0.1) is 0 Å². The van der Waals surface area contributed by atoms with Crippen LogP contribution >= 0.6 is 11.6 Å². The van der Waals surface area contributed by atoms with Crippen molar-refractivity contribution in [3.8, 4) is 5.75 Å². The van der Waals surface area contributed by atoms with Crippen LogP contribution in [0.25, 0.3) is 6.08 Å². The Morgan fingerprint density at radius 2 is 1.76 bits per heavy atom. The van der Waals surface area contributed by atoms with Crippen molar-refractivity contribution in [3.63, 3.8) is 0 Å². The number of hydrogen-bond donors (Lipinski definition) is 1. The summed E-state index contributed by atoms with van der Waals surface area (Å²) >= 11 is 6.44. The fourth-order valence-corrected chi connectivity index (χ4v) is 3.54. The summed E-state index contributed by atoms with van der Waals surface area (Å²) in [7, 11) is 1.61. The Labute approximate surface area is 175 Å². The molecule has 2 aromatic carbocycles. The molecule has 2 amide bonds. The zero-order valence-electron chi connectivity index (χ0n) is 16.5. The van der Waals surface area contributed by atoms with Gasteiger partial charge in [0, 0.05) is 39.2 Å². The lowest BCUT2D eigenvalue weighted by Crippen LogP contribution is -2.48. The number of carbonyl (C=O) groups is 2. The lowest BCUT2D eigenvalue weighted by Gasteiger charge is -2.36. The topological polar surface area (TPSA) is 61.9 Å². The fourth-order valence-electron chi connectivity index (χ4n) is 3.24. The lowest BCUT2D eigenvalue weighted by molar-refractivity contribution is -0.129. The van der Waals surface area contributed by atoms with Crippen molar-refractivity contribution in [3.05, 3.63) is 59.1 Å². The van der Waals surface area contributed by atoms with E-state index in [0.29, 0.717) is 36.9 Å². The third-order valence-corrected chi connectivity index (χ3v) is 5.13. The molecule has 152 valence electrons. The maximum atomic E-state index is 12.5. The van der Waals surface area contributed by atoms with Crippen LogP contribution in [0.2, 0.25) is 5.02 Å². The first kappa shape index (κ1) is 20.7. The number of methoxy groups -OCH3 is 1. The monoisotopic (exact) mass is 413 g/mol. The highest BCUT2D eigenvalue weighted by Gasteiger charge is 2.22. The van der Waals surface area contributed by atoms with Gasteiger partial charge in [-0.2, -0.15) is 0 Å². The van der Waals surface area contributed by atoms with Gasteiger partial charge in [0.25, 0.3) is 0 Å². The van der Waals surface area contributed by atoms with Crippen LogP contribution < -0.4 is 15.0 Å². The molecular formula is C22H24ClN3O3. The maximum Gasteiger partial charge on any atom is 0.248 e. The van der Waals surface area contributed by atoms with Crippen molar-refractivity contribution in [2.24, 2.45) is 0 Å². The second-order valence-electron chi connectivity index (χ2n) is 6.72. The Morgan fingerprint density at radius 3 is 2.38 bits per heavy atom. The maximum absolute atomic E-state index is 12.5. The van der Waals surface area contributed by atoms with E-state index in [4.69, 9.17) is 16.3 Å². The summed E-state index contributed by atoms with van der Waals surface area (Å²) in [6.07, 6.45) is 3.23. The largest absolute Gasteiger partial charge is 0.497 e. The number of para-hydroxylation sites is 1. The molecule has 1 saturated heterocycles. The number of rotatable bonds is 5. The molecule has 0 atom stereocenters. The SMILES string of the molecule is COc1ccc(/C=C/C(=O)Nc2cccc(Cl)c2N2CCN(C(C)=O)CC2)cc1. The Kier molecular flexibility index (Phi) is 6.77. The van der Waals surface area contributed by atoms with Gasteiger partial charge in [0.05, 0.1) is 23.5 Å². The van der Waals surface area contributed by atoms with Gasteiger partial charge in [0.1, 0.15) is 5.75 Å². The van der Waals surface area contributed by atoms with Crippen molar-refractivity contribution in [2.45, 2.75) is 6.92 Å². The molecule has 2 aromatic rings. The standard InChI is InChI=1S/C22H24ClN3O3/c1-16(27)25-12-14-26(15-13-25)22-19(23)4-3-5-20(22)24-21(28)11-8-17-6-9-18(29-2)10-7-17/h3-11H,12-15H2,1-2H3,(H,24,28)/b11-8+. The van der Waals surface area contributed by atoms with Crippen LogP contribution in [-0.2, 0) is 9.59 Å². The molecule has 0 saturated carbocycles. The number of carbonyl (C=O) groups excluding carboxylic acids is 2. The molecule has 29 heavy (non-hydrogen) atoms. The van der Waals surface area contributed by atoms with Crippen molar-refractivity contribution in [1.82, 2.24) is 4.90 Å². The lowest BCUT2D eigenvalue weighted by atomic mass is 10.2. The van der Waals surface area contributed by atoms with Gasteiger partial charge in [-0.25, -0.2) is 0 Å². The summed E-state index contributed by atoms with van der Waals surface area (Å²) in [5, 5.41) is 3.49. The number of benzene rings is 2. The summed E-state index contributed by atoms with van der Waals surface area (Å²) in [5.74, 6) is 0.591. The summed E-state index contributed by atoms with van der Waals surface area (Å²) in [6.45, 7) is 4.16. The molecule has 0 unspecified atom stereocenters. The van der Waals surface area contributed by atoms with E-state index < -0.39 is 0 Å². The molecule has 1 fully saturated rings. The van der Waals surface area contributed by atoms with Gasteiger partial charge in [0.15, 0.2) is 0 Å². The van der Waals surface area contributed by atoms with E-state index >= 15 is 0 Å². The molecule has 3 rings (SSSR count). The van der Waals surface area contributed by atoms with E-state index in [1.807, 2.05) is 35.2 Å². The van der Waals surface area contributed by atoms with E-state index in [0.717, 1.165) is 17.0 Å². The zero-order chi connectivity index (χ0) is 20.8. The summed E-state index contributed by atoms with van der Waals surface area (Å²) < 4.78 is 5.13. The number of nitrogens with one attached hydrogen (secondary N) is 1. The minimum atomic E-state index is -0.244. The summed E-state index contributed by atoms with van der Waals surface area (Å²) in [5.41, 5.74) is 2.33. The number of hydrogen-bond acceptors (Lipinski definition) is 4. The highest BCUT2D eigenvalue weighted by Crippen LogP contribution is 2.34. The number of amides is 2. The predicted molar refractivity (Wildman–Crippen MR) is 117 cm³/mol. The number of ether oxygens (including phenoxy) is 1. The molecule has 0 bridgehead atoms. The van der Waals surface area contributed by atoms with Gasteiger partial charge >= 0.3 is 0 Å². The summed E-state index contributed by atoms with van der Waals surface area (Å²) in [4.78, 5) is 27.9. The van der Waals surface area contributed by atoms with E-state index in [1.165, 1.54) is 6.08 Å². The van der Waals surface area contributed by atoms with Gasteiger partial charge in [0.2, 0.25) is 11.8 Å². The molecule has 0 aromatic heterocycles. The first-order valence-corrected chi connectivity index (χ1v) is 9.78. The Bertz CT molecular complexity index is 904. The number of anilines is 2. The molecule has 0 aliphatic carbocycles. The van der Waals surface area contributed by atoms with Crippen molar-refractivity contribution in [2.75, 3.05) is 43.5 Å². The van der Waals surface area contributed by atoms with Crippen LogP contribution in [0, 0.1) is 0 Å². The highest BCUT2D eigenvalue weighted by atomic mass is 35.5. The third kappa shape index (κ3) is 5.29. The number of halogens is 1. The molecular weight excluding hydrogens is 390 g/mol. The van der Waals surface area contributed by atoms with Gasteiger partial charge in [-0.05, 0) is 35.9 Å². The predicted octanol–water partition coefficient (Wildman–Crippen LogP) is 3.67. The second-order valence-corrected chi connectivity index (χ2v) is 7.13. The molecule has 1 aliphatic heterocycles. The first-order valence-electron chi connectivity index (χ1n) is 9.40. The summed E-state index contributed by atoms with van der Waals surface area (Å²) in [6, 6.07) is 12.9. The van der Waals surface area contributed by atoms with Crippen LogP contribution in [0.15, 0.2) is 48.5 Å². The van der Waals surface area contributed by atoms with Crippen molar-refractivity contribution < 1.29 is 14.3 Å². The highest BCUT2D eigenvalue weighted by molar-refractivity contribution is 6.34. The molecule has 0 radical (unpaired) electrons. The van der Waals surface area contributed by atoms with Crippen molar-refractivity contribution >= 4 is 40.9 Å². The molecule has 0 spiro atoms. The van der Waals surface area contributed by atoms with E-state index in [9.17, 15) is 9.59 Å². The quantitative estimate of drug-likeness (QED) is 0.760. The number of piperazine rings is 1. The Hall–Kier alpha value is -2.99. The Balaban J connectivity index is 1.70. The first-order chi connectivity index (χ1) is 14.0. The van der Waals surface area contributed by atoms with Crippen molar-refractivity contribution in [1.29, 1.82) is 0 Å². The molecule has 7 heteroatoms. The van der Waals surface area contributed by atoms with Crippen LogP contribution in [-0.4, -0.2) is 50.0 Å². The van der Waals surface area contributed by atoms with Gasteiger partial charge < -0.3 is 19.9 Å². The molecule has 1 N–H and O–H groups in total. The van der Waals surface area contributed by atoms with Gasteiger partial charge in [-0.3, -0.25) is 9.59 Å². The normalized spacial score (nSPS) is 14.2. The van der Waals surface area contributed by atoms with E-state index in [2.05, 4.69) is 10.2 Å². The van der Waals surface area contributed by atoms with Gasteiger partial charge in [-0.1, -0.05) is 29.8 Å². The molecule has 6 nitrogen and oxygen atoms in total. The average Bonchev–Trinajstić information content (AvgIpc) is 2.73. The average molecular weight is 414 g/mol. The minimum absolute atomic E-state index is 0.0704. The second kappa shape index (κ2) is 9.47. The van der Waals surface area contributed by atoms with Crippen LogP contribution in [0.4, 0.5) is 11.4 Å². The fraction of sp³-hybridized carbons (Fsp3) is 0.273. The molecule has 1 heterocycles. The van der Waals surface area contributed by atoms with E-state index in [1.54, 1.807) is 32.2 Å². The zero-order valence-corrected chi connectivity index (χ0v) is 17.3.